The summed E-state index contributed by atoms with van der Waals surface area (Å²) in [4.78, 5) is 0. The molecule has 2 nitrogen and oxygen atoms in total. The number of piperidine rings is 1. The van der Waals surface area contributed by atoms with Gasteiger partial charge in [-0.2, -0.15) is 0 Å². The summed E-state index contributed by atoms with van der Waals surface area (Å²) in [5.74, 6) is 0.913. The zero-order valence-electron chi connectivity index (χ0n) is 6.11. The quantitative estimate of drug-likeness (QED) is 0.775. The Kier molecular flexibility index (Phi) is 4.65. The van der Waals surface area contributed by atoms with Crippen molar-refractivity contribution in [3.8, 4) is 0 Å². The fourth-order valence-corrected chi connectivity index (χ4v) is 1.64. The summed E-state index contributed by atoms with van der Waals surface area (Å²) in [6.45, 7) is 3.32. The van der Waals surface area contributed by atoms with Crippen molar-refractivity contribution in [1.29, 1.82) is 0 Å². The van der Waals surface area contributed by atoms with E-state index in [2.05, 4.69) is 5.32 Å². The van der Waals surface area contributed by atoms with Gasteiger partial charge in [0.1, 0.15) is 23.0 Å². The highest BCUT2D eigenvalue weighted by atomic mass is 127. The Labute approximate surface area is 76.4 Å². The summed E-state index contributed by atoms with van der Waals surface area (Å²) in [5, 5.41) is 3.35. The molecule has 0 bridgehead atoms. The van der Waals surface area contributed by atoms with E-state index in [9.17, 15) is 0 Å². The van der Waals surface area contributed by atoms with Gasteiger partial charge in [-0.1, -0.05) is 0 Å². The van der Waals surface area contributed by atoms with E-state index < -0.39 is 0 Å². The van der Waals surface area contributed by atoms with Crippen molar-refractivity contribution < 1.29 is 3.07 Å². The topological polar surface area (TPSA) is 21.3 Å². The van der Waals surface area contributed by atoms with Gasteiger partial charge < -0.3 is 8.38 Å². The van der Waals surface area contributed by atoms with Gasteiger partial charge >= 0.3 is 0 Å². The largest absolute Gasteiger partial charge is 0.317 e. The standard InChI is InChI=1S/C7H14INO/c8-10-6-3-7-1-4-9-5-2-7/h7,9H,1-6H2. The molecule has 0 radical (unpaired) electrons. The minimum absolute atomic E-state index is 0.913. The molecule has 1 aliphatic heterocycles. The second-order valence-electron chi connectivity index (χ2n) is 2.80. The van der Waals surface area contributed by atoms with Gasteiger partial charge in [-0.3, -0.25) is 0 Å². The van der Waals surface area contributed by atoms with E-state index in [1.54, 1.807) is 0 Å². The average Bonchev–Trinajstić information content (AvgIpc) is 2.03. The molecule has 0 amide bonds. The lowest BCUT2D eigenvalue weighted by Gasteiger charge is -2.21. The van der Waals surface area contributed by atoms with Gasteiger partial charge in [0.15, 0.2) is 0 Å². The molecule has 1 aliphatic rings. The molecular weight excluding hydrogens is 241 g/mol. The van der Waals surface area contributed by atoms with Gasteiger partial charge in [-0.05, 0) is 38.3 Å². The highest BCUT2D eigenvalue weighted by Gasteiger charge is 2.11. The molecule has 1 saturated heterocycles. The zero-order chi connectivity index (χ0) is 7.23. The SMILES string of the molecule is IOCCC1CCNCC1. The average molecular weight is 255 g/mol. The van der Waals surface area contributed by atoms with Crippen LogP contribution in [0.4, 0.5) is 0 Å². The molecule has 0 aromatic heterocycles. The van der Waals surface area contributed by atoms with E-state index in [0.29, 0.717) is 0 Å². The first-order valence-corrected chi connectivity index (χ1v) is 4.76. The van der Waals surface area contributed by atoms with Crippen molar-refractivity contribution in [1.82, 2.24) is 5.32 Å². The number of halogens is 1. The van der Waals surface area contributed by atoms with Crippen LogP contribution in [0.2, 0.25) is 0 Å². The minimum Gasteiger partial charge on any atom is -0.317 e. The van der Waals surface area contributed by atoms with Crippen LogP contribution in [0.3, 0.4) is 0 Å². The van der Waals surface area contributed by atoms with E-state index >= 15 is 0 Å². The Bertz CT molecular complexity index is 83.7. The van der Waals surface area contributed by atoms with Crippen LogP contribution in [0.25, 0.3) is 0 Å². The fourth-order valence-electron chi connectivity index (χ4n) is 1.38. The smallest absolute Gasteiger partial charge is 0.109 e. The predicted molar refractivity (Wildman–Crippen MR) is 50.2 cm³/mol. The van der Waals surface area contributed by atoms with Crippen molar-refractivity contribution >= 4 is 23.0 Å². The minimum atomic E-state index is 0.913. The number of nitrogens with one attached hydrogen (secondary N) is 1. The first-order valence-electron chi connectivity index (χ1n) is 3.87. The Morgan fingerprint density at radius 1 is 1.40 bits per heavy atom. The second kappa shape index (κ2) is 5.32. The van der Waals surface area contributed by atoms with E-state index in [1.807, 2.05) is 23.0 Å². The molecule has 0 unspecified atom stereocenters. The number of rotatable bonds is 3. The maximum absolute atomic E-state index is 4.99. The molecule has 0 aromatic carbocycles. The third-order valence-electron chi connectivity index (χ3n) is 2.06. The summed E-state index contributed by atoms with van der Waals surface area (Å²) in [7, 11) is 0. The fraction of sp³-hybridized carbons (Fsp3) is 1.00. The van der Waals surface area contributed by atoms with Gasteiger partial charge in [0.25, 0.3) is 0 Å². The van der Waals surface area contributed by atoms with Crippen LogP contribution >= 0.6 is 23.0 Å². The highest BCUT2D eigenvalue weighted by molar-refractivity contribution is 14.1. The third-order valence-corrected chi connectivity index (χ3v) is 2.50. The van der Waals surface area contributed by atoms with E-state index in [0.717, 1.165) is 12.5 Å². The summed E-state index contributed by atoms with van der Waals surface area (Å²) in [5.41, 5.74) is 0. The van der Waals surface area contributed by atoms with Crippen LogP contribution in [0, 0.1) is 5.92 Å². The molecular formula is C7H14INO. The molecule has 1 rings (SSSR count). The van der Waals surface area contributed by atoms with Crippen molar-refractivity contribution in [2.24, 2.45) is 5.92 Å². The lowest BCUT2D eigenvalue weighted by molar-refractivity contribution is 0.298. The van der Waals surface area contributed by atoms with Crippen molar-refractivity contribution in [3.63, 3.8) is 0 Å². The maximum atomic E-state index is 4.99. The Morgan fingerprint density at radius 2 is 2.10 bits per heavy atom. The normalized spacial score (nSPS) is 21.3. The molecule has 0 saturated carbocycles. The van der Waals surface area contributed by atoms with E-state index in [1.165, 1.54) is 32.4 Å². The van der Waals surface area contributed by atoms with E-state index in [4.69, 9.17) is 3.07 Å². The zero-order valence-corrected chi connectivity index (χ0v) is 8.26. The van der Waals surface area contributed by atoms with Gasteiger partial charge in [-0.25, -0.2) is 0 Å². The molecule has 10 heavy (non-hydrogen) atoms. The second-order valence-corrected chi connectivity index (χ2v) is 3.42. The van der Waals surface area contributed by atoms with Crippen LogP contribution < -0.4 is 5.32 Å². The lowest BCUT2D eigenvalue weighted by Crippen LogP contribution is -2.28. The third kappa shape index (κ3) is 3.16. The molecule has 0 spiro atoms. The molecule has 60 valence electrons. The molecule has 1 heterocycles. The van der Waals surface area contributed by atoms with Crippen LogP contribution in [0.5, 0.6) is 0 Å². The molecule has 0 aliphatic carbocycles. The van der Waals surface area contributed by atoms with Crippen molar-refractivity contribution in [2.45, 2.75) is 19.3 Å². The summed E-state index contributed by atoms with van der Waals surface area (Å²) < 4.78 is 4.99. The molecule has 0 atom stereocenters. The first-order chi connectivity index (χ1) is 4.93. The van der Waals surface area contributed by atoms with Gasteiger partial charge in [0, 0.05) is 0 Å². The van der Waals surface area contributed by atoms with Gasteiger partial charge in [0.05, 0.1) is 6.61 Å². The number of hydrogen-bond donors (Lipinski definition) is 1. The summed E-state index contributed by atoms with van der Waals surface area (Å²) in [6, 6.07) is 0. The Balaban J connectivity index is 2.02. The van der Waals surface area contributed by atoms with Crippen molar-refractivity contribution in [3.05, 3.63) is 0 Å². The molecule has 1 fully saturated rings. The summed E-state index contributed by atoms with van der Waals surface area (Å²) >= 11 is 1.97. The number of hydrogen-bond acceptors (Lipinski definition) is 2. The van der Waals surface area contributed by atoms with Crippen LogP contribution in [0.15, 0.2) is 0 Å². The van der Waals surface area contributed by atoms with Crippen LogP contribution in [0.1, 0.15) is 19.3 Å². The van der Waals surface area contributed by atoms with E-state index in [-0.39, 0.29) is 0 Å². The van der Waals surface area contributed by atoms with Crippen LogP contribution in [-0.2, 0) is 3.07 Å². The highest BCUT2D eigenvalue weighted by Crippen LogP contribution is 2.15. The Morgan fingerprint density at radius 3 is 2.70 bits per heavy atom. The molecule has 3 heteroatoms. The maximum Gasteiger partial charge on any atom is 0.109 e. The molecule has 1 N–H and O–H groups in total. The van der Waals surface area contributed by atoms with Crippen LogP contribution in [-0.4, -0.2) is 19.7 Å². The van der Waals surface area contributed by atoms with Gasteiger partial charge in [0.2, 0.25) is 0 Å². The predicted octanol–water partition coefficient (Wildman–Crippen LogP) is 1.74. The summed E-state index contributed by atoms with van der Waals surface area (Å²) in [6.07, 6.45) is 3.91. The Hall–Kier alpha value is 0.650. The first kappa shape index (κ1) is 8.74. The van der Waals surface area contributed by atoms with Crippen molar-refractivity contribution in [2.75, 3.05) is 19.7 Å². The van der Waals surface area contributed by atoms with Gasteiger partial charge in [-0.15, -0.1) is 0 Å². The lowest BCUT2D eigenvalue weighted by atomic mass is 9.95. The monoisotopic (exact) mass is 255 g/mol. The molecule has 0 aromatic rings.